The number of carbonyl (C=O) groups excluding carboxylic acids is 2. The van der Waals surface area contributed by atoms with E-state index in [0.29, 0.717) is 12.3 Å². The summed E-state index contributed by atoms with van der Waals surface area (Å²) < 4.78 is 10.6. The van der Waals surface area contributed by atoms with Crippen molar-refractivity contribution in [3.63, 3.8) is 0 Å². The van der Waals surface area contributed by atoms with Crippen LogP contribution < -0.4 is 5.32 Å². The summed E-state index contributed by atoms with van der Waals surface area (Å²) in [5, 5.41) is 2.71. The molecule has 1 heterocycles. The van der Waals surface area contributed by atoms with Crippen LogP contribution in [0.5, 0.6) is 0 Å². The monoisotopic (exact) mass is 344 g/mol. The molecule has 6 nitrogen and oxygen atoms in total. The van der Waals surface area contributed by atoms with Crippen molar-refractivity contribution in [2.24, 2.45) is 0 Å². The lowest BCUT2D eigenvalue weighted by Gasteiger charge is -2.14. The van der Waals surface area contributed by atoms with Crippen LogP contribution in [-0.2, 0) is 9.53 Å². The summed E-state index contributed by atoms with van der Waals surface area (Å²) >= 11 is 0. The number of hydrogen-bond donors (Lipinski definition) is 1. The van der Waals surface area contributed by atoms with Gasteiger partial charge in [0, 0.05) is 5.92 Å². The number of ether oxygens (including phenoxy) is 1. The molecule has 1 amide bonds. The highest BCUT2D eigenvalue weighted by atomic mass is 16.5. The van der Waals surface area contributed by atoms with Gasteiger partial charge in [-0.2, -0.15) is 0 Å². The second-order valence-corrected chi connectivity index (χ2v) is 5.97. The first kappa shape index (κ1) is 18.7. The van der Waals surface area contributed by atoms with Crippen molar-refractivity contribution in [1.82, 2.24) is 4.98 Å². The maximum Gasteiger partial charge on any atom is 0.362 e. The molecule has 0 saturated carbocycles. The molecule has 0 aliphatic rings. The number of carbonyl (C=O) groups is 2. The fourth-order valence-electron chi connectivity index (χ4n) is 2.46. The van der Waals surface area contributed by atoms with Gasteiger partial charge in [0.2, 0.25) is 17.5 Å². The van der Waals surface area contributed by atoms with Gasteiger partial charge in [-0.25, -0.2) is 9.78 Å². The summed E-state index contributed by atoms with van der Waals surface area (Å²) in [5.74, 6) is -0.793. The van der Waals surface area contributed by atoms with Gasteiger partial charge in [0.05, 0.1) is 12.5 Å². The third-order valence-corrected chi connectivity index (χ3v) is 3.77. The van der Waals surface area contributed by atoms with Crippen LogP contribution >= 0.6 is 0 Å². The minimum Gasteiger partial charge on any atom is -0.461 e. The molecule has 0 spiro atoms. The molecule has 1 aromatic carbocycles. The Labute approximate surface area is 147 Å². The third-order valence-electron chi connectivity index (χ3n) is 3.77. The van der Waals surface area contributed by atoms with E-state index in [0.717, 1.165) is 5.56 Å². The lowest BCUT2D eigenvalue weighted by atomic mass is 9.96. The second-order valence-electron chi connectivity index (χ2n) is 5.97. The Morgan fingerprint density at radius 3 is 2.44 bits per heavy atom. The van der Waals surface area contributed by atoms with Crippen LogP contribution in [0.4, 0.5) is 5.88 Å². The van der Waals surface area contributed by atoms with Crippen molar-refractivity contribution in [3.05, 3.63) is 47.5 Å². The maximum atomic E-state index is 12.7. The van der Waals surface area contributed by atoms with Crippen molar-refractivity contribution in [2.45, 2.75) is 46.0 Å². The first-order valence-electron chi connectivity index (χ1n) is 8.51. The average molecular weight is 344 g/mol. The molecule has 6 heteroatoms. The topological polar surface area (TPSA) is 81.4 Å². The summed E-state index contributed by atoms with van der Waals surface area (Å²) in [6.45, 7) is 7.65. The van der Waals surface area contributed by atoms with Crippen LogP contribution in [0.1, 0.15) is 67.9 Å². The average Bonchev–Trinajstić information content (AvgIpc) is 3.01. The van der Waals surface area contributed by atoms with Crippen LogP contribution in [0, 0.1) is 0 Å². The smallest absolute Gasteiger partial charge is 0.362 e. The van der Waals surface area contributed by atoms with Crippen LogP contribution in [0.15, 0.2) is 34.7 Å². The van der Waals surface area contributed by atoms with Gasteiger partial charge < -0.3 is 9.15 Å². The van der Waals surface area contributed by atoms with Gasteiger partial charge in [-0.05, 0) is 18.9 Å². The Bertz CT molecular complexity index is 722. The van der Waals surface area contributed by atoms with Gasteiger partial charge in [-0.1, -0.05) is 51.1 Å². The lowest BCUT2D eigenvalue weighted by molar-refractivity contribution is -0.117. The summed E-state index contributed by atoms with van der Waals surface area (Å²) in [5.41, 5.74) is 0.908. The summed E-state index contributed by atoms with van der Waals surface area (Å²) in [4.78, 5) is 29.0. The zero-order valence-electron chi connectivity index (χ0n) is 15.0. The van der Waals surface area contributed by atoms with Gasteiger partial charge in [0.1, 0.15) is 0 Å². The Morgan fingerprint density at radius 1 is 1.20 bits per heavy atom. The minimum atomic E-state index is -0.610. The highest BCUT2D eigenvalue weighted by Crippen LogP contribution is 2.26. The summed E-state index contributed by atoms with van der Waals surface area (Å²) in [6.07, 6.45) is 0.621. The van der Waals surface area contributed by atoms with Gasteiger partial charge in [0.25, 0.3) is 0 Å². The van der Waals surface area contributed by atoms with Crippen LogP contribution in [0.3, 0.4) is 0 Å². The highest BCUT2D eigenvalue weighted by Gasteiger charge is 2.27. The molecule has 0 aliphatic carbocycles. The number of benzene rings is 1. The molecule has 0 aliphatic heterocycles. The van der Waals surface area contributed by atoms with E-state index in [1.807, 2.05) is 51.1 Å². The fraction of sp³-hybridized carbons (Fsp3) is 0.421. The highest BCUT2D eigenvalue weighted by molar-refractivity contribution is 6.00. The van der Waals surface area contributed by atoms with Gasteiger partial charge in [-0.3, -0.25) is 10.1 Å². The number of nitrogens with one attached hydrogen (secondary N) is 1. The van der Waals surface area contributed by atoms with Crippen molar-refractivity contribution in [1.29, 1.82) is 0 Å². The molecule has 0 fully saturated rings. The molecule has 2 aromatic rings. The first-order valence-corrected chi connectivity index (χ1v) is 8.51. The Kier molecular flexibility index (Phi) is 6.33. The molecule has 0 radical (unpaired) electrons. The molecular weight excluding hydrogens is 320 g/mol. The van der Waals surface area contributed by atoms with E-state index in [1.165, 1.54) is 0 Å². The van der Waals surface area contributed by atoms with Crippen molar-refractivity contribution < 1.29 is 18.7 Å². The van der Waals surface area contributed by atoms with E-state index >= 15 is 0 Å². The normalized spacial score (nSPS) is 12.0. The number of nitrogens with zero attached hydrogens (tertiary/aromatic N) is 1. The predicted molar refractivity (Wildman–Crippen MR) is 94.7 cm³/mol. The molecular formula is C19H24N2O4. The zero-order valence-corrected chi connectivity index (χ0v) is 15.0. The minimum absolute atomic E-state index is 0.00168. The molecule has 1 N–H and O–H groups in total. The zero-order chi connectivity index (χ0) is 18.4. The number of amides is 1. The van der Waals surface area contributed by atoms with Crippen molar-refractivity contribution in [3.8, 4) is 0 Å². The van der Waals surface area contributed by atoms with E-state index in [1.54, 1.807) is 6.92 Å². The van der Waals surface area contributed by atoms with Crippen LogP contribution in [0.2, 0.25) is 0 Å². The largest absolute Gasteiger partial charge is 0.461 e. The molecule has 134 valence electrons. The second kappa shape index (κ2) is 8.46. The van der Waals surface area contributed by atoms with E-state index in [4.69, 9.17) is 9.15 Å². The number of oxazole rings is 1. The number of aromatic nitrogens is 1. The SMILES string of the molecule is CCOC(=O)c1nc(C(C)C)oc1NC(=O)C(CC)c1ccccc1. The quantitative estimate of drug-likeness (QED) is 0.765. The Balaban J connectivity index is 2.28. The lowest BCUT2D eigenvalue weighted by Crippen LogP contribution is -2.22. The maximum absolute atomic E-state index is 12.7. The molecule has 0 bridgehead atoms. The number of esters is 1. The number of hydrogen-bond acceptors (Lipinski definition) is 5. The van der Waals surface area contributed by atoms with E-state index in [9.17, 15) is 9.59 Å². The molecule has 25 heavy (non-hydrogen) atoms. The molecule has 1 unspecified atom stereocenters. The summed E-state index contributed by atoms with van der Waals surface area (Å²) in [6, 6.07) is 9.49. The molecule has 1 aromatic heterocycles. The van der Waals surface area contributed by atoms with E-state index in [-0.39, 0.29) is 35.9 Å². The first-order chi connectivity index (χ1) is 12.0. The van der Waals surface area contributed by atoms with Gasteiger partial charge in [-0.15, -0.1) is 0 Å². The van der Waals surface area contributed by atoms with Crippen molar-refractivity contribution in [2.75, 3.05) is 11.9 Å². The van der Waals surface area contributed by atoms with Gasteiger partial charge in [0.15, 0.2) is 5.89 Å². The van der Waals surface area contributed by atoms with Crippen LogP contribution in [-0.4, -0.2) is 23.5 Å². The van der Waals surface area contributed by atoms with E-state index in [2.05, 4.69) is 10.3 Å². The number of anilines is 1. The van der Waals surface area contributed by atoms with Crippen LogP contribution in [0.25, 0.3) is 0 Å². The van der Waals surface area contributed by atoms with Gasteiger partial charge >= 0.3 is 5.97 Å². The Morgan fingerprint density at radius 2 is 1.88 bits per heavy atom. The molecule has 0 saturated heterocycles. The Hall–Kier alpha value is -2.63. The third kappa shape index (κ3) is 4.47. The standard InChI is InChI=1S/C19H24N2O4/c1-5-14(13-10-8-7-9-11-13)16(22)21-18-15(19(23)24-6-2)20-17(25-18)12(3)4/h7-12,14H,5-6H2,1-4H3,(H,21,22). The molecule has 1 atom stereocenters. The molecule has 2 rings (SSSR count). The van der Waals surface area contributed by atoms with E-state index < -0.39 is 5.97 Å². The number of rotatable bonds is 7. The summed E-state index contributed by atoms with van der Waals surface area (Å²) in [7, 11) is 0. The van der Waals surface area contributed by atoms with Crippen molar-refractivity contribution >= 4 is 17.8 Å². The fourth-order valence-corrected chi connectivity index (χ4v) is 2.46. The predicted octanol–water partition coefficient (Wildman–Crippen LogP) is 4.11.